The molecule has 0 radical (unpaired) electrons. The maximum atomic E-state index is 6.15. The molecule has 170 valence electrons. The molecule has 0 aromatic heterocycles. The molecule has 1 aromatic carbocycles. The third-order valence-electron chi connectivity index (χ3n) is 5.76. The van der Waals surface area contributed by atoms with Gasteiger partial charge in [0, 0.05) is 56.0 Å². The first kappa shape index (κ1) is 25.5. The van der Waals surface area contributed by atoms with E-state index < -0.39 is 0 Å². The molecule has 1 atom stereocenters. The van der Waals surface area contributed by atoms with Crippen molar-refractivity contribution in [3.05, 3.63) is 29.3 Å². The largest absolute Gasteiger partial charge is 0.369 e. The lowest BCUT2D eigenvalue weighted by atomic mass is 10.2. The molecule has 1 aromatic rings. The molecule has 8 heteroatoms. The van der Waals surface area contributed by atoms with Crippen LogP contribution in [0.3, 0.4) is 0 Å². The summed E-state index contributed by atoms with van der Waals surface area (Å²) in [6.45, 7) is 11.8. The number of hydrogen-bond donors (Lipinski definition) is 2. The smallest absolute Gasteiger partial charge is 0.191 e. The third-order valence-corrected chi connectivity index (χ3v) is 6.00. The van der Waals surface area contributed by atoms with Crippen LogP contribution in [0.25, 0.3) is 0 Å². The molecule has 3 rings (SSSR count). The Balaban J connectivity index is 0.00000320. The van der Waals surface area contributed by atoms with Gasteiger partial charge in [-0.1, -0.05) is 17.7 Å². The van der Waals surface area contributed by atoms with E-state index in [1.807, 2.05) is 18.2 Å². The predicted molar refractivity (Wildman–Crippen MR) is 140 cm³/mol. The Morgan fingerprint density at radius 3 is 2.87 bits per heavy atom. The van der Waals surface area contributed by atoms with Gasteiger partial charge in [-0.25, -0.2) is 0 Å². The van der Waals surface area contributed by atoms with E-state index in [-0.39, 0.29) is 24.0 Å². The molecule has 2 fully saturated rings. The van der Waals surface area contributed by atoms with E-state index in [1.54, 1.807) is 0 Å². The van der Waals surface area contributed by atoms with Crippen LogP contribution in [0.2, 0.25) is 5.02 Å². The van der Waals surface area contributed by atoms with Crippen molar-refractivity contribution in [2.24, 2.45) is 4.99 Å². The highest BCUT2D eigenvalue weighted by atomic mass is 127. The van der Waals surface area contributed by atoms with Crippen LogP contribution >= 0.6 is 35.6 Å². The van der Waals surface area contributed by atoms with Crippen LogP contribution < -0.4 is 15.5 Å². The number of anilines is 1. The first-order valence-electron chi connectivity index (χ1n) is 11.1. The van der Waals surface area contributed by atoms with Crippen molar-refractivity contribution in [2.45, 2.75) is 32.2 Å². The lowest BCUT2D eigenvalue weighted by molar-refractivity contribution is 0.275. The molecule has 2 N–H and O–H groups in total. The summed E-state index contributed by atoms with van der Waals surface area (Å²) in [6.07, 6.45) is 3.49. The van der Waals surface area contributed by atoms with E-state index in [4.69, 9.17) is 16.6 Å². The molecule has 6 nitrogen and oxygen atoms in total. The van der Waals surface area contributed by atoms with Crippen molar-refractivity contribution in [1.82, 2.24) is 20.4 Å². The van der Waals surface area contributed by atoms with Crippen LogP contribution in [0.5, 0.6) is 0 Å². The van der Waals surface area contributed by atoms with Crippen molar-refractivity contribution in [3.63, 3.8) is 0 Å². The number of benzene rings is 1. The molecule has 0 bridgehead atoms. The first-order chi connectivity index (χ1) is 14.1. The van der Waals surface area contributed by atoms with Crippen molar-refractivity contribution in [3.8, 4) is 0 Å². The van der Waals surface area contributed by atoms with Gasteiger partial charge in [0.2, 0.25) is 0 Å². The lowest BCUT2D eigenvalue weighted by Crippen LogP contribution is -2.44. The zero-order chi connectivity index (χ0) is 20.5. The molecular formula is C22H38ClIN6. The van der Waals surface area contributed by atoms with Crippen molar-refractivity contribution >= 4 is 47.2 Å². The van der Waals surface area contributed by atoms with Gasteiger partial charge in [0.1, 0.15) is 0 Å². The van der Waals surface area contributed by atoms with E-state index in [2.05, 4.69) is 45.4 Å². The highest BCUT2D eigenvalue weighted by molar-refractivity contribution is 14.0. The molecule has 2 aliphatic rings. The summed E-state index contributed by atoms with van der Waals surface area (Å²) in [4.78, 5) is 12.2. The molecule has 30 heavy (non-hydrogen) atoms. The Hall–Kier alpha value is -0.770. The average molecular weight is 549 g/mol. The number of likely N-dealkylation sites (N-methyl/N-ethyl adjacent to an activating group) is 1. The number of halogens is 2. The summed E-state index contributed by atoms with van der Waals surface area (Å²) in [5.41, 5.74) is 1.20. The third kappa shape index (κ3) is 8.40. The van der Waals surface area contributed by atoms with E-state index in [9.17, 15) is 0 Å². The predicted octanol–water partition coefficient (Wildman–Crippen LogP) is 3.12. The van der Waals surface area contributed by atoms with Gasteiger partial charge >= 0.3 is 0 Å². The van der Waals surface area contributed by atoms with E-state index in [1.165, 1.54) is 38.3 Å². The standard InChI is InChI=1S/C22H37ClN6.HI/c1-3-24-22(25-10-5-12-28-13-6-11-27(2)15-16-28)26-20-9-14-29(18-20)21-8-4-7-19(23)17-21;/h4,7-8,17,20H,3,5-6,9-16,18H2,1-2H3,(H2,24,25,26);1H. The molecular weight excluding hydrogens is 511 g/mol. The summed E-state index contributed by atoms with van der Waals surface area (Å²) in [5.74, 6) is 0.945. The number of aliphatic imine (C=N–C) groups is 1. The van der Waals surface area contributed by atoms with Gasteiger partial charge in [-0.05, 0) is 71.1 Å². The Labute approximate surface area is 204 Å². The molecule has 0 saturated carbocycles. The number of nitrogens with one attached hydrogen (secondary N) is 2. The van der Waals surface area contributed by atoms with Crippen molar-refractivity contribution < 1.29 is 0 Å². The van der Waals surface area contributed by atoms with Gasteiger partial charge in [0.25, 0.3) is 0 Å². The van der Waals surface area contributed by atoms with Gasteiger partial charge in [-0.3, -0.25) is 4.99 Å². The van der Waals surface area contributed by atoms with Crippen molar-refractivity contribution in [2.75, 3.05) is 70.9 Å². The highest BCUT2D eigenvalue weighted by Gasteiger charge is 2.23. The van der Waals surface area contributed by atoms with Crippen LogP contribution in [0.1, 0.15) is 26.2 Å². The zero-order valence-electron chi connectivity index (χ0n) is 18.4. The van der Waals surface area contributed by atoms with Gasteiger partial charge in [-0.15, -0.1) is 24.0 Å². The minimum absolute atomic E-state index is 0. The van der Waals surface area contributed by atoms with Gasteiger partial charge < -0.3 is 25.3 Å². The van der Waals surface area contributed by atoms with Gasteiger partial charge in [0.15, 0.2) is 5.96 Å². The number of rotatable bonds is 7. The molecule has 2 aliphatic heterocycles. The number of nitrogens with zero attached hydrogens (tertiary/aromatic N) is 4. The van der Waals surface area contributed by atoms with Crippen molar-refractivity contribution in [1.29, 1.82) is 0 Å². The Bertz CT molecular complexity index is 658. The van der Waals surface area contributed by atoms with Crippen LogP contribution in [-0.4, -0.2) is 87.8 Å². The van der Waals surface area contributed by atoms with E-state index in [0.717, 1.165) is 56.5 Å². The second kappa shape index (κ2) is 13.6. The monoisotopic (exact) mass is 548 g/mol. The first-order valence-corrected chi connectivity index (χ1v) is 11.5. The fourth-order valence-corrected chi connectivity index (χ4v) is 4.29. The molecule has 2 saturated heterocycles. The van der Waals surface area contributed by atoms with Crippen LogP contribution in [-0.2, 0) is 0 Å². The topological polar surface area (TPSA) is 46.1 Å². The summed E-state index contributed by atoms with van der Waals surface area (Å²) in [6, 6.07) is 8.54. The Kier molecular flexibility index (Phi) is 11.6. The minimum Gasteiger partial charge on any atom is -0.369 e. The SMILES string of the molecule is CCNC(=NCCCN1CCCN(C)CC1)NC1CCN(c2cccc(Cl)c2)C1.I. The summed E-state index contributed by atoms with van der Waals surface area (Å²) >= 11 is 6.15. The normalized spacial score (nSPS) is 21.2. The summed E-state index contributed by atoms with van der Waals surface area (Å²) in [5, 5.41) is 7.83. The van der Waals surface area contributed by atoms with Crippen LogP contribution in [0.15, 0.2) is 29.3 Å². The lowest BCUT2D eigenvalue weighted by Gasteiger charge is -2.21. The second-order valence-corrected chi connectivity index (χ2v) is 8.60. The highest BCUT2D eigenvalue weighted by Crippen LogP contribution is 2.23. The minimum atomic E-state index is 0. The molecule has 1 unspecified atom stereocenters. The van der Waals surface area contributed by atoms with E-state index in [0.29, 0.717) is 6.04 Å². The van der Waals surface area contributed by atoms with Crippen LogP contribution in [0, 0.1) is 0 Å². The number of guanidine groups is 1. The zero-order valence-corrected chi connectivity index (χ0v) is 21.5. The summed E-state index contributed by atoms with van der Waals surface area (Å²) in [7, 11) is 2.22. The molecule has 0 spiro atoms. The van der Waals surface area contributed by atoms with Gasteiger partial charge in [0.05, 0.1) is 0 Å². The molecule has 0 amide bonds. The fraction of sp³-hybridized carbons (Fsp3) is 0.682. The maximum absolute atomic E-state index is 6.15. The Morgan fingerprint density at radius 1 is 1.20 bits per heavy atom. The van der Waals surface area contributed by atoms with Gasteiger partial charge in [-0.2, -0.15) is 0 Å². The van der Waals surface area contributed by atoms with E-state index >= 15 is 0 Å². The fourth-order valence-electron chi connectivity index (χ4n) is 4.11. The number of hydrogen-bond acceptors (Lipinski definition) is 4. The maximum Gasteiger partial charge on any atom is 0.191 e. The average Bonchev–Trinajstić information content (AvgIpc) is 3.07. The molecule has 2 heterocycles. The molecule has 0 aliphatic carbocycles. The Morgan fingerprint density at radius 2 is 2.07 bits per heavy atom. The quantitative estimate of drug-likeness (QED) is 0.237. The van der Waals surface area contributed by atoms with Crippen LogP contribution in [0.4, 0.5) is 5.69 Å². The second-order valence-electron chi connectivity index (χ2n) is 8.17. The summed E-state index contributed by atoms with van der Waals surface area (Å²) < 4.78 is 0.